The molecule has 4 nitrogen and oxygen atoms in total. The summed E-state index contributed by atoms with van der Waals surface area (Å²) in [6.45, 7) is 0. The highest BCUT2D eigenvalue weighted by Crippen LogP contribution is 2.24. The molecular formula is C15H10F3N3O. The number of anilines is 2. The summed E-state index contributed by atoms with van der Waals surface area (Å²) in [6, 6.07) is 6.13. The standard InChI is InChI=1S/C15H10F3N3O/c1-22-14-4-8(2-3-9(14)16)20-15-7-19-12-5-10(17)11(18)6-13(12)21-15/h2-7H,1H3,(H,20,21). The van der Waals surface area contributed by atoms with Gasteiger partial charge in [-0.3, -0.25) is 4.98 Å². The zero-order chi connectivity index (χ0) is 15.7. The molecule has 0 aliphatic carbocycles. The minimum Gasteiger partial charge on any atom is -0.494 e. The third kappa shape index (κ3) is 2.65. The van der Waals surface area contributed by atoms with Gasteiger partial charge in [0, 0.05) is 23.9 Å². The van der Waals surface area contributed by atoms with Crippen molar-refractivity contribution in [3.8, 4) is 5.75 Å². The molecule has 112 valence electrons. The van der Waals surface area contributed by atoms with E-state index in [-0.39, 0.29) is 16.8 Å². The number of halogens is 3. The van der Waals surface area contributed by atoms with E-state index in [4.69, 9.17) is 4.74 Å². The second-order valence-electron chi connectivity index (χ2n) is 4.48. The fourth-order valence-corrected chi connectivity index (χ4v) is 1.95. The lowest BCUT2D eigenvalue weighted by Crippen LogP contribution is -1.98. The molecule has 0 fully saturated rings. The molecule has 2 aromatic carbocycles. The van der Waals surface area contributed by atoms with Gasteiger partial charge in [-0.2, -0.15) is 0 Å². The lowest BCUT2D eigenvalue weighted by atomic mass is 10.2. The lowest BCUT2D eigenvalue weighted by molar-refractivity contribution is 0.387. The zero-order valence-corrected chi connectivity index (χ0v) is 11.4. The van der Waals surface area contributed by atoms with Crippen molar-refractivity contribution in [1.29, 1.82) is 0 Å². The highest BCUT2D eigenvalue weighted by atomic mass is 19.2. The van der Waals surface area contributed by atoms with Gasteiger partial charge in [-0.25, -0.2) is 18.2 Å². The van der Waals surface area contributed by atoms with E-state index in [2.05, 4.69) is 15.3 Å². The number of hydrogen-bond acceptors (Lipinski definition) is 4. The number of methoxy groups -OCH3 is 1. The van der Waals surface area contributed by atoms with Crippen LogP contribution in [0.2, 0.25) is 0 Å². The van der Waals surface area contributed by atoms with E-state index in [1.165, 1.54) is 31.5 Å². The van der Waals surface area contributed by atoms with Crippen LogP contribution in [-0.4, -0.2) is 17.1 Å². The highest BCUT2D eigenvalue weighted by Gasteiger charge is 2.08. The van der Waals surface area contributed by atoms with Crippen LogP contribution in [0.3, 0.4) is 0 Å². The van der Waals surface area contributed by atoms with Gasteiger partial charge in [0.25, 0.3) is 0 Å². The fraction of sp³-hybridized carbons (Fsp3) is 0.0667. The van der Waals surface area contributed by atoms with Gasteiger partial charge in [-0.05, 0) is 12.1 Å². The molecule has 22 heavy (non-hydrogen) atoms. The second-order valence-corrected chi connectivity index (χ2v) is 4.48. The van der Waals surface area contributed by atoms with Gasteiger partial charge in [0.2, 0.25) is 0 Å². The Bertz CT molecular complexity index is 855. The number of nitrogens with zero attached hydrogens (tertiary/aromatic N) is 2. The van der Waals surface area contributed by atoms with E-state index >= 15 is 0 Å². The summed E-state index contributed by atoms with van der Waals surface area (Å²) in [4.78, 5) is 8.14. The van der Waals surface area contributed by atoms with Gasteiger partial charge in [-0.1, -0.05) is 0 Å². The van der Waals surface area contributed by atoms with Crippen molar-refractivity contribution in [2.45, 2.75) is 0 Å². The first-order chi connectivity index (χ1) is 10.6. The van der Waals surface area contributed by atoms with Gasteiger partial charge in [-0.15, -0.1) is 0 Å². The molecule has 0 aliphatic heterocycles. The van der Waals surface area contributed by atoms with Gasteiger partial charge in [0.05, 0.1) is 24.3 Å². The average Bonchev–Trinajstić information content (AvgIpc) is 2.50. The second kappa shape index (κ2) is 5.51. The monoisotopic (exact) mass is 305 g/mol. The summed E-state index contributed by atoms with van der Waals surface area (Å²) >= 11 is 0. The number of rotatable bonds is 3. The molecule has 3 rings (SSSR count). The van der Waals surface area contributed by atoms with Crippen LogP contribution in [0.15, 0.2) is 36.5 Å². The minimum atomic E-state index is -0.998. The highest BCUT2D eigenvalue weighted by molar-refractivity contribution is 5.76. The van der Waals surface area contributed by atoms with Crippen LogP contribution >= 0.6 is 0 Å². The van der Waals surface area contributed by atoms with Gasteiger partial charge in [0.1, 0.15) is 5.82 Å². The molecule has 0 spiro atoms. The predicted octanol–water partition coefficient (Wildman–Crippen LogP) is 3.80. The number of aromatic nitrogens is 2. The Morgan fingerprint density at radius 3 is 2.41 bits per heavy atom. The maximum atomic E-state index is 13.3. The Kier molecular flexibility index (Phi) is 3.54. The van der Waals surface area contributed by atoms with E-state index < -0.39 is 17.5 Å². The Hall–Kier alpha value is -2.83. The number of ether oxygens (including phenoxy) is 1. The number of hydrogen-bond donors (Lipinski definition) is 1. The normalized spacial score (nSPS) is 10.7. The summed E-state index contributed by atoms with van der Waals surface area (Å²) in [7, 11) is 1.36. The predicted molar refractivity (Wildman–Crippen MR) is 75.7 cm³/mol. The van der Waals surface area contributed by atoms with E-state index in [1.54, 1.807) is 0 Å². The van der Waals surface area contributed by atoms with E-state index in [9.17, 15) is 13.2 Å². The molecule has 0 saturated heterocycles. The molecule has 0 unspecified atom stereocenters. The summed E-state index contributed by atoms with van der Waals surface area (Å²) in [5.41, 5.74) is 0.966. The summed E-state index contributed by atoms with van der Waals surface area (Å²) in [6.07, 6.45) is 1.37. The SMILES string of the molecule is COc1cc(Nc2cnc3cc(F)c(F)cc3n2)ccc1F. The average molecular weight is 305 g/mol. The molecule has 0 radical (unpaired) electrons. The van der Waals surface area contributed by atoms with Gasteiger partial charge < -0.3 is 10.1 Å². The van der Waals surface area contributed by atoms with Crippen molar-refractivity contribution < 1.29 is 17.9 Å². The van der Waals surface area contributed by atoms with Gasteiger partial charge >= 0.3 is 0 Å². The third-order valence-electron chi connectivity index (χ3n) is 3.01. The molecule has 0 aliphatic rings. The summed E-state index contributed by atoms with van der Waals surface area (Å²) in [5.74, 6) is -2.08. The smallest absolute Gasteiger partial charge is 0.165 e. The van der Waals surface area contributed by atoms with Crippen molar-refractivity contribution in [2.75, 3.05) is 12.4 Å². The summed E-state index contributed by atoms with van der Waals surface area (Å²) in [5, 5.41) is 2.90. The molecule has 1 heterocycles. The molecule has 1 aromatic heterocycles. The first kappa shape index (κ1) is 14.1. The van der Waals surface area contributed by atoms with Crippen molar-refractivity contribution in [3.05, 3.63) is 54.0 Å². The molecular weight excluding hydrogens is 295 g/mol. The Morgan fingerprint density at radius 1 is 0.955 bits per heavy atom. The Morgan fingerprint density at radius 2 is 1.68 bits per heavy atom. The molecule has 0 saturated carbocycles. The van der Waals surface area contributed by atoms with Crippen molar-refractivity contribution >= 4 is 22.5 Å². The number of fused-ring (bicyclic) bond motifs is 1. The van der Waals surface area contributed by atoms with Gasteiger partial charge in [0.15, 0.2) is 23.2 Å². The largest absolute Gasteiger partial charge is 0.494 e. The molecule has 3 aromatic rings. The van der Waals surface area contributed by atoms with Crippen LogP contribution < -0.4 is 10.1 Å². The number of benzene rings is 2. The number of nitrogens with one attached hydrogen (secondary N) is 1. The van der Waals surface area contributed by atoms with Crippen LogP contribution in [0, 0.1) is 17.5 Å². The van der Waals surface area contributed by atoms with Crippen LogP contribution in [0.4, 0.5) is 24.7 Å². The van der Waals surface area contributed by atoms with Crippen molar-refractivity contribution in [2.24, 2.45) is 0 Å². The van der Waals surface area contributed by atoms with Crippen LogP contribution in [0.5, 0.6) is 5.75 Å². The quantitative estimate of drug-likeness (QED) is 0.799. The molecule has 7 heteroatoms. The lowest BCUT2D eigenvalue weighted by Gasteiger charge is -2.08. The molecule has 0 amide bonds. The molecule has 0 atom stereocenters. The van der Waals surface area contributed by atoms with Crippen molar-refractivity contribution in [1.82, 2.24) is 9.97 Å². The Labute approximate surface area is 123 Å². The molecule has 1 N–H and O–H groups in total. The van der Waals surface area contributed by atoms with Crippen LogP contribution in [-0.2, 0) is 0 Å². The zero-order valence-electron chi connectivity index (χ0n) is 11.4. The minimum absolute atomic E-state index is 0.0758. The van der Waals surface area contributed by atoms with Crippen molar-refractivity contribution in [3.63, 3.8) is 0 Å². The topological polar surface area (TPSA) is 47.0 Å². The van der Waals surface area contributed by atoms with E-state index in [1.807, 2.05) is 0 Å². The maximum Gasteiger partial charge on any atom is 0.165 e. The first-order valence-corrected chi connectivity index (χ1v) is 6.29. The van der Waals surface area contributed by atoms with E-state index in [0.29, 0.717) is 11.5 Å². The third-order valence-corrected chi connectivity index (χ3v) is 3.01. The maximum absolute atomic E-state index is 13.3. The fourth-order valence-electron chi connectivity index (χ4n) is 1.95. The van der Waals surface area contributed by atoms with Crippen LogP contribution in [0.25, 0.3) is 11.0 Å². The first-order valence-electron chi connectivity index (χ1n) is 6.29. The molecule has 0 bridgehead atoms. The summed E-state index contributed by atoms with van der Waals surface area (Å²) < 4.78 is 44.6. The van der Waals surface area contributed by atoms with Crippen LogP contribution in [0.1, 0.15) is 0 Å². The van der Waals surface area contributed by atoms with E-state index in [0.717, 1.165) is 12.1 Å². The Balaban J connectivity index is 1.95.